The molecule has 0 amide bonds. The molecule has 5 aliphatic heterocycles. The molecular weight excluding hydrogens is 1470 g/mol. The highest BCUT2D eigenvalue weighted by Crippen LogP contribution is 2.51. The van der Waals surface area contributed by atoms with Gasteiger partial charge in [-0.15, -0.1) is 11.3 Å². The van der Waals surface area contributed by atoms with E-state index in [4.69, 9.17) is 23.7 Å². The second-order valence-corrected chi connectivity index (χ2v) is 38.8. The second kappa shape index (κ2) is 28.1. The number of hydrogen-bond donors (Lipinski definition) is 0. The molecule has 0 atom stereocenters. The third-order valence-electron chi connectivity index (χ3n) is 24.8. The summed E-state index contributed by atoms with van der Waals surface area (Å²) in [6, 6.07) is 109. The first-order chi connectivity index (χ1) is 57.2. The molecule has 0 saturated heterocycles. The maximum atomic E-state index is 6.33. The number of rotatable bonds is 0. The zero-order valence-corrected chi connectivity index (χ0v) is 71.2. The summed E-state index contributed by atoms with van der Waals surface area (Å²) in [6.07, 6.45) is 0. The standard InChI is InChI=1S/C28H24.C22H17BO3.C22H19BO2.C22H19N.C16H16S/c1-28(2,3)19-16-17-26-24-14-7-6-12-22(24)20-10-4-5-11-21(20)23-13-8-9-15-25(23)27(26)18-19;1-22(2,3)12-10-17-21-18(11-12)26-16-9-5-7-14-20(16)23(21)19-13(24-14)6-4-8-15(19)25-17;1-22(2,3)14-12-19-21-20(13-14)25-18-11-7-5-9-16(18)23(21)15-8-4-6-10-17(15)24-19;1-22(2,3)14-12-17-15-8-4-6-10-19(15)23-20-11-7-5-9-16(20)18(13-14)21(17)23;1-16(2,3)13-9-6-8-12-11-7-4-5-10-14(11)17-15(12)13/h4-18H,1-3H3;4-11H,1-3H3;4-13H,1-3H3;4-13H,1-3H3;4-10H,1-3H3. The van der Waals surface area contributed by atoms with E-state index in [1.165, 1.54) is 142 Å². The zero-order chi connectivity index (χ0) is 81.9. The monoisotopic (exact) mass is 1560 g/mol. The number of ether oxygens (including phenoxy) is 5. The lowest BCUT2D eigenvalue weighted by molar-refractivity contribution is 0.439. The second-order valence-electron chi connectivity index (χ2n) is 37.8. The molecule has 0 radical (unpaired) electrons. The highest BCUT2D eigenvalue weighted by molar-refractivity contribution is 7.26. The summed E-state index contributed by atoms with van der Waals surface area (Å²) in [5.41, 5.74) is 28.5. The smallest absolute Gasteiger partial charge is 0.270 e. The van der Waals surface area contributed by atoms with E-state index in [0.29, 0.717) is 0 Å². The Hall–Kier alpha value is -12.6. The van der Waals surface area contributed by atoms with Gasteiger partial charge in [0.25, 0.3) is 13.4 Å². The fourth-order valence-electron chi connectivity index (χ4n) is 18.6. The molecule has 8 heterocycles. The van der Waals surface area contributed by atoms with E-state index in [1.54, 1.807) is 0 Å². The Labute approximate surface area is 703 Å². The van der Waals surface area contributed by atoms with Crippen molar-refractivity contribution in [2.24, 2.45) is 0 Å². The maximum Gasteiger partial charge on any atom is 0.270 e. The fraction of sp³-hybridized carbons (Fsp3) is 0.182. The van der Waals surface area contributed by atoms with E-state index < -0.39 is 0 Å². The van der Waals surface area contributed by atoms with Crippen LogP contribution in [0.15, 0.2) is 303 Å². The van der Waals surface area contributed by atoms with Gasteiger partial charge in [0.15, 0.2) is 0 Å². The molecule has 0 N–H and O–H groups in total. The van der Waals surface area contributed by atoms with Gasteiger partial charge >= 0.3 is 0 Å². The van der Waals surface area contributed by atoms with Gasteiger partial charge < -0.3 is 28.1 Å². The van der Waals surface area contributed by atoms with Gasteiger partial charge in [-0.1, -0.05) is 310 Å². The quantitative estimate of drug-likeness (QED) is 0.142. The van der Waals surface area contributed by atoms with Crippen molar-refractivity contribution in [2.75, 3.05) is 0 Å². The van der Waals surface area contributed by atoms with Gasteiger partial charge in [-0.25, -0.2) is 0 Å². The number of fused-ring (bicyclic) bond motifs is 21. The lowest BCUT2D eigenvalue weighted by Crippen LogP contribution is -2.59. The van der Waals surface area contributed by atoms with E-state index in [2.05, 4.69) is 363 Å². The first-order valence-corrected chi connectivity index (χ1v) is 42.7. The molecule has 18 aromatic rings. The summed E-state index contributed by atoms with van der Waals surface area (Å²) in [6.45, 7) is 34.1. The molecule has 119 heavy (non-hydrogen) atoms. The minimum Gasteiger partial charge on any atom is -0.458 e. The van der Waals surface area contributed by atoms with Gasteiger partial charge in [-0.2, -0.15) is 0 Å². The van der Waals surface area contributed by atoms with Crippen molar-refractivity contribution < 1.29 is 23.7 Å². The molecule has 0 bridgehead atoms. The highest BCUT2D eigenvalue weighted by Gasteiger charge is 2.47. The molecule has 1 aliphatic carbocycles. The van der Waals surface area contributed by atoms with Gasteiger partial charge in [0.1, 0.15) is 57.5 Å². The number of aromatic nitrogens is 1. The van der Waals surface area contributed by atoms with Crippen molar-refractivity contribution >= 4 is 116 Å². The van der Waals surface area contributed by atoms with Crippen LogP contribution in [0.25, 0.3) is 103 Å². The lowest BCUT2D eigenvalue weighted by Gasteiger charge is -2.38. The summed E-state index contributed by atoms with van der Waals surface area (Å²) >= 11 is 1.92. The predicted octanol–water partition coefficient (Wildman–Crippen LogP) is 27.0. The molecule has 0 saturated carbocycles. The Bertz CT molecular complexity index is 6910. The van der Waals surface area contributed by atoms with Gasteiger partial charge in [0, 0.05) is 63.6 Å². The molecule has 6 nitrogen and oxygen atoms in total. The number of para-hydroxylation sites is 4. The molecule has 0 spiro atoms. The van der Waals surface area contributed by atoms with Gasteiger partial charge in [0.2, 0.25) is 0 Å². The Morgan fingerprint density at radius 3 is 1.01 bits per heavy atom. The van der Waals surface area contributed by atoms with Crippen molar-refractivity contribution in [2.45, 2.75) is 131 Å². The first kappa shape index (κ1) is 75.2. The highest BCUT2D eigenvalue weighted by atomic mass is 32.1. The van der Waals surface area contributed by atoms with Crippen LogP contribution < -0.4 is 56.5 Å². The van der Waals surface area contributed by atoms with Crippen molar-refractivity contribution in [3.05, 3.63) is 331 Å². The van der Waals surface area contributed by atoms with Crippen LogP contribution in [0.3, 0.4) is 0 Å². The van der Waals surface area contributed by atoms with Crippen LogP contribution in [0.5, 0.6) is 57.5 Å². The maximum absolute atomic E-state index is 6.33. The molecule has 15 aromatic carbocycles. The summed E-state index contributed by atoms with van der Waals surface area (Å²) < 4.78 is 36.7. The Kier molecular flexibility index (Phi) is 17.7. The fourth-order valence-corrected chi connectivity index (χ4v) is 20.0. The van der Waals surface area contributed by atoms with Crippen molar-refractivity contribution in [3.8, 4) is 102 Å². The lowest BCUT2D eigenvalue weighted by atomic mass is 9.34. The van der Waals surface area contributed by atoms with E-state index in [1.807, 2.05) is 59.9 Å². The minimum absolute atomic E-state index is 0.0121. The van der Waals surface area contributed by atoms with Crippen molar-refractivity contribution in [1.29, 1.82) is 0 Å². The number of nitrogens with zero attached hydrogens (tertiary/aromatic N) is 1. The van der Waals surface area contributed by atoms with Crippen LogP contribution in [-0.4, -0.2) is 17.8 Å². The zero-order valence-electron chi connectivity index (χ0n) is 70.4. The van der Waals surface area contributed by atoms with Crippen LogP contribution in [0.2, 0.25) is 0 Å². The summed E-state index contributed by atoms with van der Waals surface area (Å²) in [4.78, 5) is 0. The van der Waals surface area contributed by atoms with Crippen LogP contribution in [0.4, 0.5) is 0 Å². The average Bonchev–Trinajstić information content (AvgIpc) is 1.01. The van der Waals surface area contributed by atoms with Crippen LogP contribution >= 0.6 is 11.3 Å². The topological polar surface area (TPSA) is 50.6 Å². The van der Waals surface area contributed by atoms with Gasteiger partial charge in [0.05, 0.1) is 16.6 Å². The van der Waals surface area contributed by atoms with E-state index in [-0.39, 0.29) is 40.5 Å². The van der Waals surface area contributed by atoms with Crippen LogP contribution in [0, 0.1) is 0 Å². The summed E-state index contributed by atoms with van der Waals surface area (Å²) in [5, 5.41) is 8.24. The summed E-state index contributed by atoms with van der Waals surface area (Å²) in [7, 11) is 0. The van der Waals surface area contributed by atoms with Gasteiger partial charge in [-0.3, -0.25) is 0 Å². The average molecular weight is 1560 g/mol. The number of thiophene rings is 1. The van der Waals surface area contributed by atoms with Crippen LogP contribution in [0.1, 0.15) is 132 Å². The first-order valence-electron chi connectivity index (χ1n) is 41.9. The van der Waals surface area contributed by atoms with E-state index in [0.717, 1.165) is 79.3 Å². The van der Waals surface area contributed by atoms with Crippen molar-refractivity contribution in [1.82, 2.24) is 4.40 Å². The summed E-state index contributed by atoms with van der Waals surface area (Å²) in [5.74, 6) is 8.99. The predicted molar refractivity (Wildman–Crippen MR) is 504 cm³/mol. The third-order valence-corrected chi connectivity index (χ3v) is 26.0. The third kappa shape index (κ3) is 12.8. The van der Waals surface area contributed by atoms with E-state index in [9.17, 15) is 0 Å². The van der Waals surface area contributed by atoms with Gasteiger partial charge in [-0.05, 0) is 207 Å². The minimum atomic E-state index is 0.0121. The molecule has 9 heteroatoms. The number of benzene rings is 15. The molecule has 6 aliphatic rings. The molecule has 0 fully saturated rings. The Morgan fingerprint density at radius 1 is 0.235 bits per heavy atom. The Balaban J connectivity index is 0.0000000960. The molecule has 0 unspecified atom stereocenters. The molecule has 582 valence electrons. The Morgan fingerprint density at radius 2 is 0.563 bits per heavy atom. The van der Waals surface area contributed by atoms with E-state index >= 15 is 0 Å². The number of hydrogen-bond acceptors (Lipinski definition) is 6. The molecule has 24 rings (SSSR count). The SMILES string of the molecule is CC(C)(C)c1cc2c3c(c1)Oc1cccc4c1B3c1c(cccc1O2)O4.CC(C)(C)c1cc2c3c(c1)Oc1ccccc1B3c1ccccc1O2.CC(C)(C)c1cc2c3ccccc3n3c4ccccc4c(c1)c23.CC(C)(C)c1ccc2c(c1)-c1ccccc1-c1ccccc1-c1ccccc1-2.CC(C)(C)c1cccc2c1sc1ccccc12. The largest absolute Gasteiger partial charge is 0.458 e. The molecule has 3 aromatic heterocycles. The normalized spacial score (nSPS) is 13.3. The van der Waals surface area contributed by atoms with Crippen LogP contribution in [-0.2, 0) is 27.1 Å². The van der Waals surface area contributed by atoms with Crippen molar-refractivity contribution in [3.63, 3.8) is 0 Å². The molecular formula is C110H95B2NO5S.